The van der Waals surface area contributed by atoms with Gasteiger partial charge in [-0.15, -0.1) is 0 Å². The minimum Gasteiger partial charge on any atom is -0.462 e. The third kappa shape index (κ3) is 53.7. The summed E-state index contributed by atoms with van der Waals surface area (Å²) in [5.41, 5.74) is 0. The van der Waals surface area contributed by atoms with Gasteiger partial charge in [-0.3, -0.25) is 9.59 Å². The average molecular weight is 936 g/mol. The van der Waals surface area contributed by atoms with Gasteiger partial charge in [0, 0.05) is 18.9 Å². The third-order valence-corrected chi connectivity index (χ3v) is 12.5. The molecule has 0 unspecified atom stereocenters. The molecule has 0 aliphatic carbocycles. The smallest absolute Gasteiger partial charge is 0.331 e. The van der Waals surface area contributed by atoms with Crippen LogP contribution in [0.25, 0.3) is 0 Å². The summed E-state index contributed by atoms with van der Waals surface area (Å²) in [4.78, 5) is 38.0. The Kier molecular flexibility index (Phi) is 52.8. The second-order valence-electron chi connectivity index (χ2n) is 19.1. The average Bonchev–Trinajstić information content (AvgIpc) is 3.33. The van der Waals surface area contributed by atoms with Crippen molar-refractivity contribution < 1.29 is 28.6 Å². The van der Waals surface area contributed by atoms with Crippen LogP contribution in [0.2, 0.25) is 0 Å². The fourth-order valence-electron chi connectivity index (χ4n) is 8.16. The minimum absolute atomic E-state index is 0.141. The molecule has 0 N–H and O–H groups in total. The van der Waals surface area contributed by atoms with Gasteiger partial charge in [0.05, 0.1) is 0 Å². The maximum Gasteiger partial charge on any atom is 0.331 e. The molecule has 386 valence electrons. The Hall–Kier alpha value is -3.15. The first kappa shape index (κ1) is 63.8. The quantitative estimate of drug-likeness (QED) is 0.0199. The molecular formula is C61H106O6. The maximum atomic E-state index is 12.7. The van der Waals surface area contributed by atoms with Crippen LogP contribution < -0.4 is 0 Å². The molecule has 0 radical (unpaired) electrons. The lowest BCUT2D eigenvalue weighted by Gasteiger charge is -2.17. The topological polar surface area (TPSA) is 78.9 Å². The molecule has 6 heteroatoms. The van der Waals surface area contributed by atoms with Crippen molar-refractivity contribution in [2.75, 3.05) is 13.2 Å². The Balaban J connectivity index is 4.57. The highest BCUT2D eigenvalue weighted by molar-refractivity contribution is 5.82. The van der Waals surface area contributed by atoms with E-state index in [9.17, 15) is 14.4 Å². The van der Waals surface area contributed by atoms with Crippen molar-refractivity contribution in [1.82, 2.24) is 0 Å². The molecule has 0 aromatic heterocycles. The molecule has 0 aliphatic rings. The molecule has 0 bridgehead atoms. The Morgan fingerprint density at radius 3 is 0.925 bits per heavy atom. The monoisotopic (exact) mass is 935 g/mol. The van der Waals surface area contributed by atoms with Crippen LogP contribution in [0.5, 0.6) is 0 Å². The molecular weight excluding hydrogens is 829 g/mol. The molecule has 0 saturated carbocycles. The molecule has 0 atom stereocenters. The van der Waals surface area contributed by atoms with E-state index in [1.165, 1.54) is 205 Å². The number of carbonyl (C=O) groups excluding carboxylic acids is 3. The highest BCUT2D eigenvalue weighted by Crippen LogP contribution is 2.16. The van der Waals surface area contributed by atoms with E-state index in [2.05, 4.69) is 32.9 Å². The van der Waals surface area contributed by atoms with Crippen molar-refractivity contribution in [3.05, 3.63) is 72.9 Å². The van der Waals surface area contributed by atoms with E-state index in [4.69, 9.17) is 14.2 Å². The summed E-state index contributed by atoms with van der Waals surface area (Å²) in [6.07, 6.45) is 70.9. The van der Waals surface area contributed by atoms with Crippen molar-refractivity contribution >= 4 is 17.9 Å². The SMILES string of the molecule is CCCCCCCCC/C=C/C=C/C=C/C=C/C=C/C=C/C(=O)OC(COC(=O)CCCCCCCCCCCCCCCCC)COC(=O)CCCCCCCCCCCCCCCCC. The van der Waals surface area contributed by atoms with Crippen LogP contribution >= 0.6 is 0 Å². The molecule has 0 aromatic rings. The number of ether oxygens (including phenoxy) is 3. The minimum atomic E-state index is -0.871. The number of hydrogen-bond donors (Lipinski definition) is 0. The summed E-state index contributed by atoms with van der Waals surface area (Å²) < 4.78 is 16.6. The molecule has 0 rings (SSSR count). The maximum absolute atomic E-state index is 12.7. The van der Waals surface area contributed by atoms with Crippen molar-refractivity contribution in [3.63, 3.8) is 0 Å². The first-order chi connectivity index (χ1) is 33.0. The van der Waals surface area contributed by atoms with E-state index in [0.717, 1.165) is 44.9 Å². The molecule has 0 amide bonds. The Morgan fingerprint density at radius 1 is 0.328 bits per heavy atom. The predicted octanol–water partition coefficient (Wildman–Crippen LogP) is 19.0. The Bertz CT molecular complexity index is 1210. The summed E-state index contributed by atoms with van der Waals surface area (Å²) in [5.74, 6) is -1.21. The first-order valence-corrected chi connectivity index (χ1v) is 28.5. The van der Waals surface area contributed by atoms with Gasteiger partial charge in [-0.25, -0.2) is 4.79 Å². The van der Waals surface area contributed by atoms with E-state index < -0.39 is 12.1 Å². The summed E-state index contributed by atoms with van der Waals surface area (Å²) in [6.45, 7) is 6.52. The number of esters is 3. The van der Waals surface area contributed by atoms with Crippen LogP contribution in [0.3, 0.4) is 0 Å². The lowest BCUT2D eigenvalue weighted by molar-refractivity contribution is -0.163. The number of hydrogen-bond acceptors (Lipinski definition) is 6. The number of allylic oxidation sites excluding steroid dienone is 11. The van der Waals surface area contributed by atoms with Gasteiger partial charge in [-0.1, -0.05) is 306 Å². The van der Waals surface area contributed by atoms with Gasteiger partial charge in [-0.05, 0) is 25.7 Å². The zero-order valence-corrected chi connectivity index (χ0v) is 44.2. The predicted molar refractivity (Wildman–Crippen MR) is 288 cm³/mol. The lowest BCUT2D eigenvalue weighted by atomic mass is 10.0. The van der Waals surface area contributed by atoms with Gasteiger partial charge < -0.3 is 14.2 Å². The molecule has 67 heavy (non-hydrogen) atoms. The largest absolute Gasteiger partial charge is 0.462 e. The number of carbonyl (C=O) groups is 3. The fourth-order valence-corrected chi connectivity index (χ4v) is 8.16. The van der Waals surface area contributed by atoms with E-state index in [1.807, 2.05) is 42.5 Å². The molecule has 6 nitrogen and oxygen atoms in total. The van der Waals surface area contributed by atoms with Crippen molar-refractivity contribution in [2.24, 2.45) is 0 Å². The van der Waals surface area contributed by atoms with Crippen molar-refractivity contribution in [1.29, 1.82) is 0 Å². The first-order valence-electron chi connectivity index (χ1n) is 28.5. The molecule has 0 aliphatic heterocycles. The summed E-state index contributed by atoms with van der Waals surface area (Å²) >= 11 is 0. The number of unbranched alkanes of at least 4 members (excludes halogenated alkanes) is 35. The fraction of sp³-hybridized carbons (Fsp3) is 0.754. The van der Waals surface area contributed by atoms with Crippen LogP contribution in [0.15, 0.2) is 72.9 Å². The lowest BCUT2D eigenvalue weighted by Crippen LogP contribution is -2.30. The highest BCUT2D eigenvalue weighted by Gasteiger charge is 2.18. The van der Waals surface area contributed by atoms with Gasteiger partial charge in [0.2, 0.25) is 0 Å². The van der Waals surface area contributed by atoms with Crippen molar-refractivity contribution in [3.8, 4) is 0 Å². The van der Waals surface area contributed by atoms with Crippen LogP contribution in [0.4, 0.5) is 0 Å². The number of rotatable bonds is 51. The van der Waals surface area contributed by atoms with Crippen LogP contribution in [-0.2, 0) is 28.6 Å². The molecule has 0 aromatic carbocycles. The van der Waals surface area contributed by atoms with Gasteiger partial charge >= 0.3 is 17.9 Å². The van der Waals surface area contributed by atoms with E-state index in [0.29, 0.717) is 12.8 Å². The van der Waals surface area contributed by atoms with Crippen LogP contribution in [-0.4, -0.2) is 37.2 Å². The van der Waals surface area contributed by atoms with E-state index >= 15 is 0 Å². The zero-order valence-electron chi connectivity index (χ0n) is 44.2. The summed E-state index contributed by atoms with van der Waals surface area (Å²) in [5, 5.41) is 0. The van der Waals surface area contributed by atoms with Gasteiger partial charge in [0.1, 0.15) is 13.2 Å². The molecule has 0 fully saturated rings. The molecule has 0 spiro atoms. The van der Waals surface area contributed by atoms with Gasteiger partial charge in [-0.2, -0.15) is 0 Å². The Morgan fingerprint density at radius 2 is 0.597 bits per heavy atom. The van der Waals surface area contributed by atoms with Gasteiger partial charge in [0.25, 0.3) is 0 Å². The molecule has 0 saturated heterocycles. The van der Waals surface area contributed by atoms with Crippen molar-refractivity contribution in [2.45, 2.75) is 284 Å². The summed E-state index contributed by atoms with van der Waals surface area (Å²) in [7, 11) is 0. The standard InChI is InChI=1S/C61H106O6/c1-4-7-10-13-16-19-22-25-28-29-30-31-34-37-40-43-46-49-52-55-61(64)67-58(56-65-59(62)53-50-47-44-41-38-35-32-26-23-20-17-14-11-8-5-2)57-66-60(63)54-51-48-45-42-39-36-33-27-24-21-18-15-12-9-6-3/h28-31,34,37,40,43,46,49,52,55,58H,4-27,32-33,35-36,38-39,41-42,44-45,47-48,50-51,53-54,56-57H2,1-3H3/b29-28+,31-30+,37-34+,43-40+,49-46+,55-52+. The van der Waals surface area contributed by atoms with Crippen LogP contribution in [0.1, 0.15) is 278 Å². The second-order valence-corrected chi connectivity index (χ2v) is 19.1. The Labute approximate surface area is 414 Å². The second kappa shape index (κ2) is 55.4. The van der Waals surface area contributed by atoms with Gasteiger partial charge in [0.15, 0.2) is 6.10 Å². The van der Waals surface area contributed by atoms with Crippen LogP contribution in [0, 0.1) is 0 Å². The normalized spacial score (nSPS) is 12.2. The highest BCUT2D eigenvalue weighted by atomic mass is 16.6. The van der Waals surface area contributed by atoms with E-state index in [1.54, 1.807) is 12.2 Å². The van der Waals surface area contributed by atoms with E-state index in [-0.39, 0.29) is 25.2 Å². The third-order valence-electron chi connectivity index (χ3n) is 12.5. The zero-order chi connectivity index (χ0) is 48.6. The molecule has 0 heterocycles. The summed E-state index contributed by atoms with van der Waals surface area (Å²) in [6, 6.07) is 0.